The number of nitrogens with zero attached hydrogens (tertiary/aromatic N) is 3. The van der Waals surface area contributed by atoms with E-state index in [4.69, 9.17) is 9.40 Å². The molecule has 0 unspecified atom stereocenters. The Labute approximate surface area is 195 Å². The third kappa shape index (κ3) is 2.86. The van der Waals surface area contributed by atoms with Gasteiger partial charge in [0, 0.05) is 34.3 Å². The summed E-state index contributed by atoms with van der Waals surface area (Å²) in [6, 6.07) is 35.1. The number of pyridine rings is 2. The number of fused-ring (bicyclic) bond motifs is 5. The van der Waals surface area contributed by atoms with Crippen LogP contribution in [0, 0.1) is 0 Å². The Morgan fingerprint density at radius 3 is 2.00 bits per heavy atom. The van der Waals surface area contributed by atoms with Gasteiger partial charge in [0.2, 0.25) is 5.71 Å². The summed E-state index contributed by atoms with van der Waals surface area (Å²) in [6.45, 7) is 0. The minimum atomic E-state index is 0.813. The molecule has 0 N–H and O–H groups in total. The predicted octanol–water partition coefficient (Wildman–Crippen LogP) is 7.65. The second-order valence-corrected chi connectivity index (χ2v) is 8.33. The Bertz CT molecular complexity index is 1740. The monoisotopic (exact) mass is 437 g/mol. The van der Waals surface area contributed by atoms with Gasteiger partial charge >= 0.3 is 0 Å². The molecule has 3 aromatic carbocycles. The summed E-state index contributed by atoms with van der Waals surface area (Å²) < 4.78 is 8.62. The average Bonchev–Trinajstić information content (AvgIpc) is 3.44. The highest BCUT2D eigenvalue weighted by atomic mass is 16.3. The smallest absolute Gasteiger partial charge is 0.213 e. The highest BCUT2D eigenvalue weighted by molar-refractivity contribution is 6.19. The van der Waals surface area contributed by atoms with Crippen LogP contribution in [0.2, 0.25) is 0 Å². The molecule has 0 aliphatic rings. The lowest BCUT2D eigenvalue weighted by Gasteiger charge is -2.12. The molecule has 0 aliphatic heterocycles. The lowest BCUT2D eigenvalue weighted by molar-refractivity contribution is 0.645. The van der Waals surface area contributed by atoms with Gasteiger partial charge < -0.3 is 4.42 Å². The normalized spacial score (nSPS) is 11.5. The van der Waals surface area contributed by atoms with Gasteiger partial charge in [-0.3, -0.25) is 9.55 Å². The fourth-order valence-electron chi connectivity index (χ4n) is 4.75. The van der Waals surface area contributed by atoms with Gasteiger partial charge in [-0.1, -0.05) is 78.9 Å². The van der Waals surface area contributed by atoms with E-state index in [9.17, 15) is 0 Å². The lowest BCUT2D eigenvalue weighted by Crippen LogP contribution is -1.98. The molecule has 4 nitrogen and oxygen atoms in total. The molecule has 4 heterocycles. The average molecular weight is 438 g/mol. The molecule has 0 amide bonds. The van der Waals surface area contributed by atoms with E-state index >= 15 is 0 Å². The van der Waals surface area contributed by atoms with Gasteiger partial charge in [0.1, 0.15) is 5.58 Å². The molecule has 0 radical (unpaired) electrons. The second kappa shape index (κ2) is 7.42. The maximum Gasteiger partial charge on any atom is 0.213 e. The number of hydrogen-bond donors (Lipinski definition) is 0. The minimum absolute atomic E-state index is 0.813. The third-order valence-electron chi connectivity index (χ3n) is 6.30. The maximum absolute atomic E-state index is 6.43. The van der Waals surface area contributed by atoms with Crippen molar-refractivity contribution in [2.24, 2.45) is 0 Å². The molecule has 34 heavy (non-hydrogen) atoms. The molecule has 7 aromatic rings. The molecule has 0 fully saturated rings. The van der Waals surface area contributed by atoms with Crippen molar-refractivity contribution in [3.05, 3.63) is 116 Å². The van der Waals surface area contributed by atoms with E-state index in [0.717, 1.165) is 61.2 Å². The molecule has 160 valence electrons. The predicted molar refractivity (Wildman–Crippen MR) is 137 cm³/mol. The van der Waals surface area contributed by atoms with Crippen LogP contribution in [0.1, 0.15) is 0 Å². The lowest BCUT2D eigenvalue weighted by atomic mass is 10.1. The van der Waals surface area contributed by atoms with Gasteiger partial charge in [-0.2, -0.15) is 0 Å². The number of furan rings is 1. The van der Waals surface area contributed by atoms with Gasteiger partial charge in [0.05, 0.1) is 28.0 Å². The molecule has 0 bridgehead atoms. The van der Waals surface area contributed by atoms with Crippen molar-refractivity contribution in [1.29, 1.82) is 0 Å². The number of aromatic nitrogens is 3. The molecule has 0 atom stereocenters. The topological polar surface area (TPSA) is 43.9 Å². The number of rotatable bonds is 3. The Morgan fingerprint density at radius 2 is 1.29 bits per heavy atom. The summed E-state index contributed by atoms with van der Waals surface area (Å²) in [5.74, 6) is 0. The second-order valence-electron chi connectivity index (χ2n) is 8.33. The van der Waals surface area contributed by atoms with Crippen LogP contribution < -0.4 is 0 Å². The van der Waals surface area contributed by atoms with Crippen molar-refractivity contribution in [3.8, 4) is 28.2 Å². The van der Waals surface area contributed by atoms with E-state index < -0.39 is 0 Å². The molecular formula is C30H19N3O. The zero-order valence-electron chi connectivity index (χ0n) is 18.2. The summed E-state index contributed by atoms with van der Waals surface area (Å²) in [5.41, 5.74) is 7.70. The van der Waals surface area contributed by atoms with Gasteiger partial charge in [-0.05, 0) is 24.3 Å². The fraction of sp³-hybridized carbons (Fsp3) is 0. The molecule has 4 aromatic heterocycles. The van der Waals surface area contributed by atoms with E-state index in [2.05, 4.69) is 52.0 Å². The number of hydrogen-bond acceptors (Lipinski definition) is 3. The third-order valence-corrected chi connectivity index (χ3v) is 6.30. The zero-order chi connectivity index (χ0) is 22.5. The standard InChI is InChI=1S/C30H19N3O/c1-3-9-20(10-4-1)25-17-22(18-26(32-25)21-11-5-2-6-12-21)33-27-15-16-31-19-24(27)29-23-13-7-8-14-28(23)34-30(29)33/h1-19H. The van der Waals surface area contributed by atoms with Crippen LogP contribution in [0.3, 0.4) is 0 Å². The van der Waals surface area contributed by atoms with Crippen LogP contribution >= 0.6 is 0 Å². The Kier molecular flexibility index (Phi) is 4.11. The van der Waals surface area contributed by atoms with Gasteiger partial charge in [-0.25, -0.2) is 4.98 Å². The van der Waals surface area contributed by atoms with E-state index in [-0.39, 0.29) is 0 Å². The van der Waals surface area contributed by atoms with Gasteiger partial charge in [0.15, 0.2) is 0 Å². The Morgan fingerprint density at radius 1 is 0.647 bits per heavy atom. The van der Waals surface area contributed by atoms with E-state index in [1.807, 2.05) is 73.1 Å². The maximum atomic E-state index is 6.43. The van der Waals surface area contributed by atoms with Crippen molar-refractivity contribution in [2.45, 2.75) is 0 Å². The summed E-state index contributed by atoms with van der Waals surface area (Å²) in [4.78, 5) is 9.45. The molecule has 0 saturated carbocycles. The van der Waals surface area contributed by atoms with Gasteiger partial charge in [-0.15, -0.1) is 0 Å². The van der Waals surface area contributed by atoms with E-state index in [1.54, 1.807) is 0 Å². The van der Waals surface area contributed by atoms with Crippen molar-refractivity contribution < 1.29 is 4.42 Å². The number of para-hydroxylation sites is 1. The van der Waals surface area contributed by atoms with Crippen molar-refractivity contribution in [3.63, 3.8) is 0 Å². The first-order valence-electron chi connectivity index (χ1n) is 11.3. The first-order chi connectivity index (χ1) is 16.9. The van der Waals surface area contributed by atoms with Gasteiger partial charge in [0.25, 0.3) is 0 Å². The molecule has 4 heteroatoms. The van der Waals surface area contributed by atoms with Crippen LogP contribution in [-0.2, 0) is 0 Å². The molecule has 7 rings (SSSR count). The summed E-state index contributed by atoms with van der Waals surface area (Å²) in [5, 5.41) is 3.25. The van der Waals surface area contributed by atoms with Crippen LogP contribution in [0.4, 0.5) is 0 Å². The highest BCUT2D eigenvalue weighted by Gasteiger charge is 2.20. The van der Waals surface area contributed by atoms with Crippen molar-refractivity contribution in [1.82, 2.24) is 14.5 Å². The minimum Gasteiger partial charge on any atom is -0.439 e. The first kappa shape index (κ1) is 18.8. The Hall–Kier alpha value is -4.70. The van der Waals surface area contributed by atoms with Crippen molar-refractivity contribution >= 4 is 33.0 Å². The largest absolute Gasteiger partial charge is 0.439 e. The first-order valence-corrected chi connectivity index (χ1v) is 11.3. The molecule has 0 aliphatic carbocycles. The summed E-state index contributed by atoms with van der Waals surface area (Å²) in [6.07, 6.45) is 3.75. The zero-order valence-corrected chi connectivity index (χ0v) is 18.2. The summed E-state index contributed by atoms with van der Waals surface area (Å²) >= 11 is 0. The molecular weight excluding hydrogens is 418 g/mol. The molecule has 0 spiro atoms. The van der Waals surface area contributed by atoms with E-state index in [1.165, 1.54) is 0 Å². The Balaban J connectivity index is 1.59. The van der Waals surface area contributed by atoms with Crippen molar-refractivity contribution in [2.75, 3.05) is 0 Å². The number of benzene rings is 3. The van der Waals surface area contributed by atoms with Crippen LogP contribution in [0.25, 0.3) is 61.2 Å². The van der Waals surface area contributed by atoms with Crippen LogP contribution in [-0.4, -0.2) is 14.5 Å². The van der Waals surface area contributed by atoms with Crippen LogP contribution in [0.15, 0.2) is 120 Å². The SMILES string of the molecule is c1ccc(-c2cc(-n3c4ccncc4c4c5ccccc5oc43)cc(-c3ccccc3)n2)cc1. The highest BCUT2D eigenvalue weighted by Crippen LogP contribution is 2.39. The molecule has 0 saturated heterocycles. The fourth-order valence-corrected chi connectivity index (χ4v) is 4.75. The van der Waals surface area contributed by atoms with Crippen LogP contribution in [0.5, 0.6) is 0 Å². The van der Waals surface area contributed by atoms with E-state index in [0.29, 0.717) is 0 Å². The quantitative estimate of drug-likeness (QED) is 0.285. The summed E-state index contributed by atoms with van der Waals surface area (Å²) in [7, 11) is 0.